The fourth-order valence-corrected chi connectivity index (χ4v) is 4.05. The fourth-order valence-electron chi connectivity index (χ4n) is 3.23. The van der Waals surface area contributed by atoms with Crippen LogP contribution in [0.5, 0.6) is 0 Å². The second kappa shape index (κ2) is 7.55. The number of thiazole rings is 1. The summed E-state index contributed by atoms with van der Waals surface area (Å²) in [6.45, 7) is 5.47. The Kier molecular flexibility index (Phi) is 5.23. The van der Waals surface area contributed by atoms with Crippen molar-refractivity contribution in [1.82, 2.24) is 9.88 Å². The van der Waals surface area contributed by atoms with Gasteiger partial charge in [-0.1, -0.05) is 36.4 Å². The number of carbonyl (C=O) groups excluding carboxylic acids is 1. The topological polar surface area (TPSA) is 33.2 Å². The number of nitrogens with zero attached hydrogens (tertiary/aromatic N) is 2. The zero-order chi connectivity index (χ0) is 16.1. The molecule has 4 heteroatoms. The van der Waals surface area contributed by atoms with E-state index in [1.165, 1.54) is 5.01 Å². The van der Waals surface area contributed by atoms with Crippen LogP contribution in [0.25, 0.3) is 0 Å². The highest BCUT2D eigenvalue weighted by Gasteiger charge is 2.29. The van der Waals surface area contributed by atoms with Crippen molar-refractivity contribution in [3.05, 3.63) is 65.1 Å². The molecule has 0 saturated carbocycles. The zero-order valence-electron chi connectivity index (χ0n) is 13.2. The third-order valence-corrected chi connectivity index (χ3v) is 5.45. The van der Waals surface area contributed by atoms with Crippen molar-refractivity contribution in [2.45, 2.75) is 31.1 Å². The molecule has 1 aromatic heterocycles. The van der Waals surface area contributed by atoms with Gasteiger partial charge in [-0.3, -0.25) is 4.79 Å². The molecule has 0 N–H and O–H groups in total. The van der Waals surface area contributed by atoms with E-state index in [1.807, 2.05) is 52.9 Å². The Labute approximate surface area is 141 Å². The zero-order valence-corrected chi connectivity index (χ0v) is 14.0. The number of likely N-dealkylation sites (tertiary alicyclic amines) is 1. The molecule has 2 heterocycles. The van der Waals surface area contributed by atoms with Crippen LogP contribution in [0.15, 0.2) is 54.6 Å². The first-order chi connectivity index (χ1) is 11.3. The van der Waals surface area contributed by atoms with Crippen molar-refractivity contribution in [1.29, 1.82) is 0 Å². The minimum Gasteiger partial charge on any atom is -0.342 e. The van der Waals surface area contributed by atoms with Crippen molar-refractivity contribution < 1.29 is 4.79 Å². The molecule has 120 valence electrons. The second-order valence-electron chi connectivity index (χ2n) is 5.96. The molecule has 0 spiro atoms. The summed E-state index contributed by atoms with van der Waals surface area (Å²) in [7, 11) is 0. The van der Waals surface area contributed by atoms with E-state index in [1.54, 1.807) is 11.3 Å². The van der Waals surface area contributed by atoms with Gasteiger partial charge in [-0.05, 0) is 24.8 Å². The number of amides is 1. The third-order valence-electron chi connectivity index (χ3n) is 4.51. The Bertz CT molecular complexity index is 631. The Morgan fingerprint density at radius 2 is 2.09 bits per heavy atom. The normalized spacial score (nSPS) is 17.0. The fraction of sp³-hybridized carbons (Fsp3) is 0.368. The number of allylic oxidation sites excluding steroid dienone is 1. The molecule has 1 aromatic carbocycles. The summed E-state index contributed by atoms with van der Waals surface area (Å²) in [5.74, 6) is 0.632. The molecule has 0 bridgehead atoms. The van der Waals surface area contributed by atoms with Gasteiger partial charge >= 0.3 is 0 Å². The predicted octanol–water partition coefficient (Wildman–Crippen LogP) is 4.21. The predicted molar refractivity (Wildman–Crippen MR) is 94.7 cm³/mol. The Balaban J connectivity index is 1.66. The van der Waals surface area contributed by atoms with E-state index in [0.29, 0.717) is 12.3 Å². The summed E-state index contributed by atoms with van der Waals surface area (Å²) < 4.78 is 0. The number of benzene rings is 1. The molecule has 3 nitrogen and oxygen atoms in total. The van der Waals surface area contributed by atoms with Crippen LogP contribution in [-0.4, -0.2) is 28.9 Å². The molecule has 1 fully saturated rings. The molecule has 0 unspecified atom stereocenters. The van der Waals surface area contributed by atoms with Crippen LogP contribution in [-0.2, 0) is 4.79 Å². The molecule has 3 rings (SSSR count). The average Bonchev–Trinajstić information content (AvgIpc) is 3.15. The standard InChI is InChI=1S/C19H22N2OS/c1-2-6-17(15-7-4-3-5-8-15)19(22)21-12-9-16(10-13-21)18-20-11-14-23-18/h2-5,7-8,11,14,16-17H,1,6,9-10,12-13H2/t17-/m1/s1. The van der Waals surface area contributed by atoms with E-state index in [9.17, 15) is 4.79 Å². The Hall–Kier alpha value is -1.94. The van der Waals surface area contributed by atoms with Crippen LogP contribution in [0.1, 0.15) is 41.7 Å². The van der Waals surface area contributed by atoms with Gasteiger partial charge in [0.1, 0.15) is 0 Å². The van der Waals surface area contributed by atoms with E-state index in [4.69, 9.17) is 0 Å². The summed E-state index contributed by atoms with van der Waals surface area (Å²) in [6.07, 6.45) is 6.42. The number of rotatable bonds is 5. The average molecular weight is 326 g/mol. The highest BCUT2D eigenvalue weighted by molar-refractivity contribution is 7.09. The van der Waals surface area contributed by atoms with E-state index >= 15 is 0 Å². The maximum absolute atomic E-state index is 12.9. The van der Waals surface area contributed by atoms with E-state index in [0.717, 1.165) is 31.5 Å². The van der Waals surface area contributed by atoms with Gasteiger partial charge < -0.3 is 4.90 Å². The monoisotopic (exact) mass is 326 g/mol. The van der Waals surface area contributed by atoms with Gasteiger partial charge in [-0.2, -0.15) is 0 Å². The smallest absolute Gasteiger partial charge is 0.230 e. The van der Waals surface area contributed by atoms with Gasteiger partial charge in [-0.25, -0.2) is 4.98 Å². The SMILES string of the molecule is C=CC[C@@H](C(=O)N1CCC(c2nccs2)CC1)c1ccccc1. The van der Waals surface area contributed by atoms with Crippen LogP contribution in [0, 0.1) is 0 Å². The lowest BCUT2D eigenvalue weighted by Crippen LogP contribution is -2.40. The molecule has 0 radical (unpaired) electrons. The van der Waals surface area contributed by atoms with Gasteiger partial charge in [0.2, 0.25) is 5.91 Å². The maximum atomic E-state index is 12.9. The minimum atomic E-state index is -0.106. The minimum absolute atomic E-state index is 0.106. The highest BCUT2D eigenvalue weighted by atomic mass is 32.1. The largest absolute Gasteiger partial charge is 0.342 e. The van der Waals surface area contributed by atoms with Crippen LogP contribution >= 0.6 is 11.3 Å². The molecule has 0 aliphatic carbocycles. The van der Waals surface area contributed by atoms with Crippen molar-refractivity contribution >= 4 is 17.2 Å². The summed E-state index contributed by atoms with van der Waals surface area (Å²) in [5.41, 5.74) is 1.08. The van der Waals surface area contributed by atoms with Gasteiger partial charge in [-0.15, -0.1) is 17.9 Å². The van der Waals surface area contributed by atoms with E-state index < -0.39 is 0 Å². The molecular weight excluding hydrogens is 304 g/mol. The van der Waals surface area contributed by atoms with Crippen LogP contribution in [0.2, 0.25) is 0 Å². The summed E-state index contributed by atoms with van der Waals surface area (Å²) >= 11 is 1.72. The van der Waals surface area contributed by atoms with Crippen molar-refractivity contribution in [2.75, 3.05) is 13.1 Å². The lowest BCUT2D eigenvalue weighted by atomic mass is 9.91. The van der Waals surface area contributed by atoms with Gasteiger partial charge in [0.15, 0.2) is 0 Å². The van der Waals surface area contributed by atoms with Crippen molar-refractivity contribution in [2.24, 2.45) is 0 Å². The molecule has 2 aromatic rings. The number of carbonyl (C=O) groups is 1. The van der Waals surface area contributed by atoms with Crippen molar-refractivity contribution in [3.8, 4) is 0 Å². The van der Waals surface area contributed by atoms with Gasteiger partial charge in [0, 0.05) is 30.6 Å². The third kappa shape index (κ3) is 3.70. The summed E-state index contributed by atoms with van der Waals surface area (Å²) in [4.78, 5) is 19.4. The molecule has 1 saturated heterocycles. The van der Waals surface area contributed by atoms with E-state index in [-0.39, 0.29) is 11.8 Å². The molecule has 23 heavy (non-hydrogen) atoms. The van der Waals surface area contributed by atoms with Gasteiger partial charge in [0.05, 0.1) is 10.9 Å². The van der Waals surface area contributed by atoms with Gasteiger partial charge in [0.25, 0.3) is 0 Å². The summed E-state index contributed by atoms with van der Waals surface area (Å²) in [5, 5.41) is 3.24. The number of piperidine rings is 1. The summed E-state index contributed by atoms with van der Waals surface area (Å²) in [6, 6.07) is 10.0. The quantitative estimate of drug-likeness (QED) is 0.771. The Morgan fingerprint density at radius 1 is 1.35 bits per heavy atom. The second-order valence-corrected chi connectivity index (χ2v) is 6.88. The number of hydrogen-bond donors (Lipinski definition) is 0. The van der Waals surface area contributed by atoms with Crippen molar-refractivity contribution in [3.63, 3.8) is 0 Å². The lowest BCUT2D eigenvalue weighted by Gasteiger charge is -2.33. The first-order valence-corrected chi connectivity index (χ1v) is 9.01. The molecule has 1 amide bonds. The maximum Gasteiger partial charge on any atom is 0.230 e. The Morgan fingerprint density at radius 3 is 2.70 bits per heavy atom. The highest BCUT2D eigenvalue weighted by Crippen LogP contribution is 2.31. The van der Waals surface area contributed by atoms with Crippen LogP contribution < -0.4 is 0 Å². The van der Waals surface area contributed by atoms with Crippen LogP contribution in [0.4, 0.5) is 0 Å². The molecule has 1 aliphatic rings. The number of hydrogen-bond acceptors (Lipinski definition) is 3. The molecule has 1 atom stereocenters. The number of aromatic nitrogens is 1. The molecule has 1 aliphatic heterocycles. The van der Waals surface area contributed by atoms with Crippen LogP contribution in [0.3, 0.4) is 0 Å². The first kappa shape index (κ1) is 15.9. The lowest BCUT2D eigenvalue weighted by molar-refractivity contribution is -0.133. The van der Waals surface area contributed by atoms with E-state index in [2.05, 4.69) is 11.6 Å². The molecular formula is C19H22N2OS. The first-order valence-electron chi connectivity index (χ1n) is 8.13.